The predicted octanol–water partition coefficient (Wildman–Crippen LogP) is 5.13. The van der Waals surface area contributed by atoms with Gasteiger partial charge in [-0.05, 0) is 29.8 Å². The first-order valence-electron chi connectivity index (χ1n) is 7.55. The highest BCUT2D eigenvalue weighted by Crippen LogP contribution is 2.29. The molecular weight excluding hydrogens is 282 g/mol. The molecule has 4 aromatic rings. The minimum Gasteiger partial charge on any atom is -0.276 e. The molecule has 2 nitrogen and oxygen atoms in total. The average molecular weight is 297 g/mol. The number of fused-ring (bicyclic) bond motifs is 3. The second-order valence-electron chi connectivity index (χ2n) is 5.50. The van der Waals surface area contributed by atoms with Crippen LogP contribution in [-0.2, 0) is 0 Å². The van der Waals surface area contributed by atoms with E-state index in [0.717, 1.165) is 27.4 Å². The molecule has 0 spiro atoms. The number of rotatable bonds is 2. The van der Waals surface area contributed by atoms with Crippen LogP contribution in [0.1, 0.15) is 15.9 Å². The van der Waals surface area contributed by atoms with Gasteiger partial charge in [-0.3, -0.25) is 9.36 Å². The van der Waals surface area contributed by atoms with Gasteiger partial charge in [0.15, 0.2) is 0 Å². The molecule has 2 heteroatoms. The third-order valence-electron chi connectivity index (χ3n) is 4.18. The van der Waals surface area contributed by atoms with Crippen molar-refractivity contribution in [2.45, 2.75) is 0 Å². The van der Waals surface area contributed by atoms with Crippen molar-refractivity contribution in [3.05, 3.63) is 90.5 Å². The smallest absolute Gasteiger partial charge is 0.262 e. The zero-order chi connectivity index (χ0) is 15.8. The van der Waals surface area contributed by atoms with E-state index < -0.39 is 0 Å². The number of benzene rings is 3. The lowest BCUT2D eigenvalue weighted by Gasteiger charge is -2.06. The van der Waals surface area contributed by atoms with E-state index in [-0.39, 0.29) is 5.91 Å². The third-order valence-corrected chi connectivity index (χ3v) is 4.18. The molecule has 0 radical (unpaired) electrons. The minimum atomic E-state index is -0.0157. The molecule has 0 saturated heterocycles. The minimum absolute atomic E-state index is 0.0157. The summed E-state index contributed by atoms with van der Waals surface area (Å²) in [6.07, 6.45) is 1.77. The molecular formula is C21H15NO. The maximum Gasteiger partial charge on any atom is 0.262 e. The van der Waals surface area contributed by atoms with Gasteiger partial charge in [0.1, 0.15) is 0 Å². The molecule has 0 saturated carbocycles. The van der Waals surface area contributed by atoms with Gasteiger partial charge in [0.25, 0.3) is 5.91 Å². The first-order chi connectivity index (χ1) is 11.3. The number of para-hydroxylation sites is 2. The van der Waals surface area contributed by atoms with E-state index in [2.05, 4.69) is 18.7 Å². The molecule has 0 atom stereocenters. The lowest BCUT2D eigenvalue weighted by Crippen LogP contribution is -2.11. The Morgan fingerprint density at radius 2 is 1.30 bits per heavy atom. The summed E-state index contributed by atoms with van der Waals surface area (Å²) in [5.41, 5.74) is 3.55. The summed E-state index contributed by atoms with van der Waals surface area (Å²) in [6.45, 7) is 3.75. The van der Waals surface area contributed by atoms with E-state index in [1.54, 1.807) is 10.6 Å². The van der Waals surface area contributed by atoms with Crippen LogP contribution in [0.2, 0.25) is 0 Å². The van der Waals surface area contributed by atoms with Crippen LogP contribution in [0.5, 0.6) is 0 Å². The summed E-state index contributed by atoms with van der Waals surface area (Å²) in [5, 5.41) is 2.19. The molecule has 0 fully saturated rings. The third kappa shape index (κ3) is 2.08. The molecule has 4 rings (SSSR count). The molecule has 0 unspecified atom stereocenters. The van der Waals surface area contributed by atoms with Crippen LogP contribution in [0.3, 0.4) is 0 Å². The summed E-state index contributed by atoms with van der Waals surface area (Å²) < 4.78 is 1.80. The van der Waals surface area contributed by atoms with Gasteiger partial charge in [-0.25, -0.2) is 0 Å². The van der Waals surface area contributed by atoms with E-state index in [0.29, 0.717) is 5.56 Å². The van der Waals surface area contributed by atoms with Gasteiger partial charge in [0.2, 0.25) is 0 Å². The maximum atomic E-state index is 13.1. The van der Waals surface area contributed by atoms with Gasteiger partial charge < -0.3 is 0 Å². The zero-order valence-corrected chi connectivity index (χ0v) is 12.6. The lowest BCUT2D eigenvalue weighted by atomic mass is 10.1. The van der Waals surface area contributed by atoms with Crippen LogP contribution >= 0.6 is 0 Å². The molecule has 0 amide bonds. The fraction of sp³-hybridized carbons (Fsp3) is 0. The molecule has 23 heavy (non-hydrogen) atoms. The predicted molar refractivity (Wildman–Crippen MR) is 95.7 cm³/mol. The van der Waals surface area contributed by atoms with E-state index in [4.69, 9.17) is 0 Å². The fourth-order valence-corrected chi connectivity index (χ4v) is 3.03. The lowest BCUT2D eigenvalue weighted by molar-refractivity contribution is 0.0969. The number of nitrogens with zero attached hydrogens (tertiary/aromatic N) is 1. The van der Waals surface area contributed by atoms with Crippen molar-refractivity contribution < 1.29 is 4.79 Å². The van der Waals surface area contributed by atoms with Crippen molar-refractivity contribution in [2.75, 3.05) is 0 Å². The van der Waals surface area contributed by atoms with Gasteiger partial charge in [0.05, 0.1) is 11.0 Å². The molecule has 0 N–H and O–H groups in total. The van der Waals surface area contributed by atoms with Crippen molar-refractivity contribution in [3.63, 3.8) is 0 Å². The van der Waals surface area contributed by atoms with E-state index >= 15 is 0 Å². The second-order valence-corrected chi connectivity index (χ2v) is 5.50. The molecule has 1 aromatic heterocycles. The first kappa shape index (κ1) is 13.5. The molecule has 1 heterocycles. The topological polar surface area (TPSA) is 22.0 Å². The maximum absolute atomic E-state index is 13.1. The number of hydrogen-bond acceptors (Lipinski definition) is 1. The summed E-state index contributed by atoms with van der Waals surface area (Å²) in [4.78, 5) is 13.1. The van der Waals surface area contributed by atoms with E-state index in [1.165, 1.54) is 0 Å². The fourth-order valence-electron chi connectivity index (χ4n) is 3.03. The highest BCUT2D eigenvalue weighted by Gasteiger charge is 2.16. The Labute approximate surface area is 134 Å². The molecule has 110 valence electrons. The zero-order valence-electron chi connectivity index (χ0n) is 12.6. The quantitative estimate of drug-likeness (QED) is 0.503. The molecule has 3 aromatic carbocycles. The SMILES string of the molecule is C=Cc1ccc(C(=O)n2c3ccccc3c3ccccc32)cc1. The average Bonchev–Trinajstić information content (AvgIpc) is 2.96. The molecule has 0 bridgehead atoms. The second kappa shape index (κ2) is 5.25. The molecule has 0 aliphatic heterocycles. The van der Waals surface area contributed by atoms with Crippen LogP contribution in [0.4, 0.5) is 0 Å². The summed E-state index contributed by atoms with van der Waals surface area (Å²) in [5.74, 6) is -0.0157. The summed E-state index contributed by atoms with van der Waals surface area (Å²) in [7, 11) is 0. The Hall–Kier alpha value is -3.13. The van der Waals surface area contributed by atoms with Gasteiger partial charge in [-0.1, -0.05) is 61.2 Å². The van der Waals surface area contributed by atoms with Crippen molar-refractivity contribution in [2.24, 2.45) is 0 Å². The number of aromatic nitrogens is 1. The Bertz CT molecular complexity index is 985. The van der Waals surface area contributed by atoms with Crippen molar-refractivity contribution in [1.82, 2.24) is 4.57 Å². The summed E-state index contributed by atoms with van der Waals surface area (Å²) >= 11 is 0. The Balaban J connectivity index is 1.99. The van der Waals surface area contributed by atoms with Crippen molar-refractivity contribution in [1.29, 1.82) is 0 Å². The van der Waals surface area contributed by atoms with Gasteiger partial charge in [-0.2, -0.15) is 0 Å². The number of carbonyl (C=O) groups excluding carboxylic acids is 1. The molecule has 0 aliphatic carbocycles. The monoisotopic (exact) mass is 297 g/mol. The van der Waals surface area contributed by atoms with Crippen LogP contribution in [0, 0.1) is 0 Å². The Morgan fingerprint density at radius 3 is 1.83 bits per heavy atom. The van der Waals surface area contributed by atoms with Crippen LogP contribution in [0.15, 0.2) is 79.4 Å². The number of hydrogen-bond donors (Lipinski definition) is 0. The molecule has 0 aliphatic rings. The van der Waals surface area contributed by atoms with E-state index in [9.17, 15) is 4.79 Å². The van der Waals surface area contributed by atoms with E-state index in [1.807, 2.05) is 60.7 Å². The van der Waals surface area contributed by atoms with Crippen LogP contribution < -0.4 is 0 Å². The van der Waals surface area contributed by atoms with Gasteiger partial charge >= 0.3 is 0 Å². The van der Waals surface area contributed by atoms with Crippen LogP contribution in [0.25, 0.3) is 27.9 Å². The highest BCUT2D eigenvalue weighted by molar-refractivity contribution is 6.16. The highest BCUT2D eigenvalue weighted by atomic mass is 16.2. The van der Waals surface area contributed by atoms with Crippen molar-refractivity contribution in [3.8, 4) is 0 Å². The summed E-state index contributed by atoms with van der Waals surface area (Å²) in [6, 6.07) is 23.6. The van der Waals surface area contributed by atoms with Gasteiger partial charge in [-0.15, -0.1) is 0 Å². The standard InChI is InChI=1S/C21H15NO/c1-2-15-11-13-16(14-12-15)21(23)22-19-9-5-3-7-17(19)18-8-4-6-10-20(18)22/h2-14H,1H2. The van der Waals surface area contributed by atoms with Crippen LogP contribution in [-0.4, -0.2) is 10.5 Å². The van der Waals surface area contributed by atoms with Gasteiger partial charge in [0, 0.05) is 16.3 Å². The first-order valence-corrected chi connectivity index (χ1v) is 7.55. The largest absolute Gasteiger partial charge is 0.276 e. The Morgan fingerprint density at radius 1 is 0.783 bits per heavy atom. The normalized spacial score (nSPS) is 11.0. The number of carbonyl (C=O) groups is 1. The Kier molecular flexibility index (Phi) is 3.09. The van der Waals surface area contributed by atoms with Crippen molar-refractivity contribution >= 4 is 33.8 Å².